The third-order valence-corrected chi connectivity index (χ3v) is 8.82. The Morgan fingerprint density at radius 3 is 2.48 bits per heavy atom. The molecule has 5 fully saturated rings. The van der Waals surface area contributed by atoms with Gasteiger partial charge in [-0.3, -0.25) is 9.69 Å². The Morgan fingerprint density at radius 1 is 1.21 bits per heavy atom. The number of nitrogens with one attached hydrogen (secondary N) is 1. The molecule has 1 aromatic rings. The highest BCUT2D eigenvalue weighted by Crippen LogP contribution is 2.60. The molecule has 2 atom stereocenters. The molecule has 0 radical (unpaired) electrons. The SMILES string of the molecule is CC(C)(/C(=N\C#N)NC1C2CC3CC1CC(C(=O)O)(C3)C2)N1CCN(c2ccccn2)CC1. The molecule has 1 saturated heterocycles. The van der Waals surface area contributed by atoms with Crippen LogP contribution < -0.4 is 10.2 Å². The number of hydrogen-bond donors (Lipinski definition) is 2. The fourth-order valence-corrected chi connectivity index (χ4v) is 7.26. The van der Waals surface area contributed by atoms with E-state index in [1.54, 1.807) is 0 Å². The highest BCUT2D eigenvalue weighted by molar-refractivity contribution is 5.92. The average Bonchev–Trinajstić information content (AvgIpc) is 2.81. The zero-order chi connectivity index (χ0) is 23.2. The van der Waals surface area contributed by atoms with Crippen LogP contribution in [0.25, 0.3) is 0 Å². The number of carbonyl (C=O) groups is 1. The summed E-state index contributed by atoms with van der Waals surface area (Å²) in [4.78, 5) is 25.5. The summed E-state index contributed by atoms with van der Waals surface area (Å²) in [6, 6.07) is 6.19. The molecular weight excluding hydrogens is 416 g/mol. The van der Waals surface area contributed by atoms with Crippen LogP contribution in [-0.2, 0) is 4.79 Å². The van der Waals surface area contributed by atoms with Crippen LogP contribution in [0.1, 0.15) is 46.0 Å². The molecule has 4 bridgehead atoms. The molecule has 33 heavy (non-hydrogen) atoms. The van der Waals surface area contributed by atoms with Crippen LogP contribution in [0.3, 0.4) is 0 Å². The molecule has 1 aliphatic heterocycles. The van der Waals surface area contributed by atoms with Crippen molar-refractivity contribution in [3.05, 3.63) is 24.4 Å². The zero-order valence-electron chi connectivity index (χ0n) is 19.6. The van der Waals surface area contributed by atoms with E-state index in [-0.39, 0.29) is 6.04 Å². The lowest BCUT2D eigenvalue weighted by Crippen LogP contribution is -2.66. The fraction of sp³-hybridized carbons (Fsp3) is 0.680. The molecule has 176 valence electrons. The van der Waals surface area contributed by atoms with Crippen molar-refractivity contribution < 1.29 is 9.90 Å². The summed E-state index contributed by atoms with van der Waals surface area (Å²) < 4.78 is 0. The van der Waals surface area contributed by atoms with Gasteiger partial charge in [0, 0.05) is 38.4 Å². The maximum absolute atomic E-state index is 12.1. The van der Waals surface area contributed by atoms with Gasteiger partial charge < -0.3 is 15.3 Å². The molecule has 0 aromatic carbocycles. The largest absolute Gasteiger partial charge is 0.481 e. The number of aliphatic imine (C=N–C) groups is 1. The van der Waals surface area contributed by atoms with Crippen LogP contribution >= 0.6 is 0 Å². The minimum atomic E-state index is -0.614. The monoisotopic (exact) mass is 450 g/mol. The number of carboxylic acids is 1. The van der Waals surface area contributed by atoms with Crippen LogP contribution in [0.5, 0.6) is 0 Å². The molecule has 8 heteroatoms. The van der Waals surface area contributed by atoms with Crippen LogP contribution in [0, 0.1) is 34.6 Å². The lowest BCUT2D eigenvalue weighted by molar-refractivity contribution is -0.166. The Labute approximate surface area is 195 Å². The summed E-state index contributed by atoms with van der Waals surface area (Å²) in [5.41, 5.74) is -0.941. The molecule has 5 aliphatic rings. The third-order valence-electron chi connectivity index (χ3n) is 8.82. The summed E-state index contributed by atoms with van der Waals surface area (Å²) in [6.07, 6.45) is 8.37. The Bertz CT molecular complexity index is 947. The van der Waals surface area contributed by atoms with Gasteiger partial charge in [-0.1, -0.05) is 6.07 Å². The quantitative estimate of drug-likeness (QED) is 0.404. The average molecular weight is 451 g/mol. The zero-order valence-corrected chi connectivity index (χ0v) is 19.6. The number of pyridine rings is 1. The lowest BCUT2D eigenvalue weighted by Gasteiger charge is -2.59. The van der Waals surface area contributed by atoms with Crippen molar-refractivity contribution in [2.24, 2.45) is 28.2 Å². The van der Waals surface area contributed by atoms with Gasteiger partial charge in [0.2, 0.25) is 6.19 Å². The van der Waals surface area contributed by atoms with Crippen LogP contribution in [0.4, 0.5) is 5.82 Å². The molecule has 4 saturated carbocycles. The number of carboxylic acid groups (broad SMARTS) is 1. The first kappa shape index (κ1) is 22.1. The molecule has 2 heterocycles. The van der Waals surface area contributed by atoms with E-state index < -0.39 is 16.9 Å². The summed E-state index contributed by atoms with van der Waals surface area (Å²) in [7, 11) is 0. The summed E-state index contributed by atoms with van der Waals surface area (Å²) >= 11 is 0. The molecule has 0 amide bonds. The number of aromatic nitrogens is 1. The number of anilines is 1. The minimum Gasteiger partial charge on any atom is -0.481 e. The number of nitrogens with zero attached hydrogens (tertiary/aromatic N) is 5. The fourth-order valence-electron chi connectivity index (χ4n) is 7.26. The van der Waals surface area contributed by atoms with Crippen LogP contribution in [0.2, 0.25) is 0 Å². The van der Waals surface area contributed by atoms with Gasteiger partial charge in [0.1, 0.15) is 11.7 Å². The van der Waals surface area contributed by atoms with Gasteiger partial charge in [-0.2, -0.15) is 10.3 Å². The maximum Gasteiger partial charge on any atom is 0.309 e. The number of nitriles is 1. The first-order valence-corrected chi connectivity index (χ1v) is 12.2. The van der Waals surface area contributed by atoms with E-state index in [4.69, 9.17) is 0 Å². The first-order valence-electron chi connectivity index (χ1n) is 12.2. The van der Waals surface area contributed by atoms with Gasteiger partial charge in [0.25, 0.3) is 0 Å². The van der Waals surface area contributed by atoms with E-state index >= 15 is 0 Å². The second kappa shape index (κ2) is 8.28. The van der Waals surface area contributed by atoms with Gasteiger partial charge in [-0.25, -0.2) is 4.98 Å². The van der Waals surface area contributed by atoms with Crippen molar-refractivity contribution in [1.29, 1.82) is 5.26 Å². The van der Waals surface area contributed by atoms with E-state index in [1.807, 2.05) is 30.6 Å². The Hall–Kier alpha value is -2.66. The molecule has 2 N–H and O–H groups in total. The smallest absolute Gasteiger partial charge is 0.309 e. The van der Waals surface area contributed by atoms with Gasteiger partial charge >= 0.3 is 5.97 Å². The molecule has 6 rings (SSSR count). The van der Waals surface area contributed by atoms with Crippen molar-refractivity contribution in [1.82, 2.24) is 15.2 Å². The number of amidine groups is 1. The number of piperazine rings is 1. The molecule has 2 unspecified atom stereocenters. The Morgan fingerprint density at radius 2 is 1.91 bits per heavy atom. The Balaban J connectivity index is 1.29. The van der Waals surface area contributed by atoms with Crippen molar-refractivity contribution in [3.63, 3.8) is 0 Å². The van der Waals surface area contributed by atoms with Gasteiger partial charge in [0.15, 0.2) is 0 Å². The van der Waals surface area contributed by atoms with Gasteiger partial charge in [-0.05, 0) is 75.8 Å². The summed E-state index contributed by atoms with van der Waals surface area (Å²) in [5.74, 6) is 2.32. The molecule has 4 aliphatic carbocycles. The second-order valence-corrected chi connectivity index (χ2v) is 11.0. The lowest BCUT2D eigenvalue weighted by atomic mass is 9.48. The Kier molecular flexibility index (Phi) is 5.56. The van der Waals surface area contributed by atoms with Crippen molar-refractivity contribution in [3.8, 4) is 6.19 Å². The van der Waals surface area contributed by atoms with E-state index in [1.165, 1.54) is 0 Å². The predicted molar refractivity (Wildman–Crippen MR) is 126 cm³/mol. The molecule has 0 spiro atoms. The molecular formula is C25H34N6O2. The van der Waals surface area contributed by atoms with Crippen LogP contribution in [-0.4, -0.2) is 64.6 Å². The predicted octanol–water partition coefficient (Wildman–Crippen LogP) is 2.73. The van der Waals surface area contributed by atoms with Crippen molar-refractivity contribution >= 4 is 17.6 Å². The highest BCUT2D eigenvalue weighted by Gasteiger charge is 2.59. The van der Waals surface area contributed by atoms with Crippen molar-refractivity contribution in [2.75, 3.05) is 31.1 Å². The standard InChI is InChI=1S/C25H34N6O2/c1-24(2,31-9-7-30(8-10-31)20-5-3-4-6-27-20)22(28-16-26)29-21-18-11-17-12-19(21)15-25(13-17,14-18)23(32)33/h3-6,17-19,21H,7-15H2,1-2H3,(H,28,29)(H,32,33). The maximum atomic E-state index is 12.1. The van der Waals surface area contributed by atoms with Gasteiger partial charge in [0.05, 0.1) is 11.0 Å². The second-order valence-electron chi connectivity index (χ2n) is 11.0. The van der Waals surface area contributed by atoms with Crippen molar-refractivity contribution in [2.45, 2.75) is 57.5 Å². The molecule has 1 aromatic heterocycles. The summed E-state index contributed by atoms with van der Waals surface area (Å²) in [5, 5.41) is 23.1. The topological polar surface area (TPSA) is 105 Å². The highest BCUT2D eigenvalue weighted by atomic mass is 16.4. The molecule has 8 nitrogen and oxygen atoms in total. The van der Waals surface area contributed by atoms with E-state index in [2.05, 4.69) is 38.9 Å². The van der Waals surface area contributed by atoms with Gasteiger partial charge in [-0.15, -0.1) is 0 Å². The van der Waals surface area contributed by atoms with Crippen LogP contribution in [0.15, 0.2) is 29.4 Å². The third kappa shape index (κ3) is 3.86. The van der Waals surface area contributed by atoms with E-state index in [0.717, 1.165) is 69.9 Å². The number of hydrogen-bond acceptors (Lipinski definition) is 6. The number of rotatable bonds is 5. The first-order chi connectivity index (χ1) is 15.8. The summed E-state index contributed by atoms with van der Waals surface area (Å²) in [6.45, 7) is 7.74. The normalized spacial score (nSPS) is 34.2. The van der Waals surface area contributed by atoms with E-state index in [9.17, 15) is 15.2 Å². The number of aliphatic carboxylic acids is 1. The van der Waals surface area contributed by atoms with E-state index in [0.29, 0.717) is 17.8 Å². The minimum absolute atomic E-state index is 0.204.